The van der Waals surface area contributed by atoms with Gasteiger partial charge < -0.3 is 19.9 Å². The minimum Gasteiger partial charge on any atom is -0.506 e. The van der Waals surface area contributed by atoms with Gasteiger partial charge in [-0.25, -0.2) is 4.98 Å². The van der Waals surface area contributed by atoms with Crippen molar-refractivity contribution >= 4 is 34.1 Å². The summed E-state index contributed by atoms with van der Waals surface area (Å²) < 4.78 is 0.523. The number of nitrogens with one attached hydrogen (secondary N) is 1. The molecule has 2 rings (SSSR count). The summed E-state index contributed by atoms with van der Waals surface area (Å²) in [6.45, 7) is 1.88. The van der Waals surface area contributed by atoms with Gasteiger partial charge in [0.15, 0.2) is 5.82 Å². The van der Waals surface area contributed by atoms with Crippen LogP contribution in [-0.2, 0) is 4.79 Å². The Bertz CT molecular complexity index is 770. The van der Waals surface area contributed by atoms with Crippen molar-refractivity contribution in [1.29, 1.82) is 0 Å². The highest BCUT2D eigenvalue weighted by molar-refractivity contribution is 9.10. The van der Waals surface area contributed by atoms with E-state index in [0.717, 1.165) is 5.56 Å². The van der Waals surface area contributed by atoms with E-state index in [0.29, 0.717) is 22.3 Å². The van der Waals surface area contributed by atoms with E-state index >= 15 is 0 Å². The fraction of sp³-hybridized carbons (Fsp3) is 0.267. The quantitative estimate of drug-likeness (QED) is 0.795. The molecule has 0 aliphatic heterocycles. The predicted molar refractivity (Wildman–Crippen MR) is 90.6 cm³/mol. The summed E-state index contributed by atoms with van der Waals surface area (Å²) in [5.41, 5.74) is 1.53. The number of phenolic OH excluding ortho intramolecular Hbond substituents is 1. The monoisotopic (exact) mass is 380 g/mol. The highest BCUT2D eigenvalue weighted by Gasteiger charge is 2.23. The number of aromatic hydroxyl groups is 1. The molecule has 0 atom stereocenters. The topological polar surface area (TPSA) is 89.5 Å². The zero-order valence-electron chi connectivity index (χ0n) is 13.2. The zero-order valence-corrected chi connectivity index (χ0v) is 14.8. The third-order valence-electron chi connectivity index (χ3n) is 3.26. The smallest absolute Gasteiger partial charge is 0.273 e. The second kappa shape index (κ2) is 6.41. The largest absolute Gasteiger partial charge is 0.506 e. The Hall–Kier alpha value is -2.35. The molecular weight excluding hydrogens is 364 g/mol. The number of hydrogen-bond acceptors (Lipinski definition) is 4. The van der Waals surface area contributed by atoms with E-state index in [2.05, 4.69) is 25.9 Å². The maximum Gasteiger partial charge on any atom is 0.273 e. The van der Waals surface area contributed by atoms with Gasteiger partial charge in [0.25, 0.3) is 5.91 Å². The Morgan fingerprint density at radius 3 is 2.57 bits per heavy atom. The minimum atomic E-state index is -0.321. The Labute approximate surface area is 142 Å². The molecule has 2 aromatic rings. The van der Waals surface area contributed by atoms with Crippen LogP contribution in [0, 0.1) is 6.92 Å². The molecule has 8 heteroatoms. The number of imidazole rings is 1. The molecule has 0 radical (unpaired) electrons. The number of carbonyl (C=O) groups is 2. The van der Waals surface area contributed by atoms with Gasteiger partial charge in [0.1, 0.15) is 17.3 Å². The second-order valence-electron chi connectivity index (χ2n) is 5.34. The van der Waals surface area contributed by atoms with Crippen molar-refractivity contribution in [2.24, 2.45) is 0 Å². The third-order valence-corrected chi connectivity index (χ3v) is 3.86. The standard InChI is InChI=1S/C15H17BrN4O3/c1-8-5-9(12(22)10(16)6-8)13-17-11(15(23)19(2)3)14(18-13)20(4)7-21/h5-7,22H,1-4H3,(H,17,18). The number of H-pyrrole nitrogens is 1. The molecule has 7 nitrogen and oxygen atoms in total. The summed E-state index contributed by atoms with van der Waals surface area (Å²) in [7, 11) is 4.72. The molecule has 0 saturated carbocycles. The van der Waals surface area contributed by atoms with Crippen LogP contribution in [0.5, 0.6) is 5.75 Å². The second-order valence-corrected chi connectivity index (χ2v) is 6.20. The molecule has 1 aromatic carbocycles. The van der Waals surface area contributed by atoms with Crippen LogP contribution in [0.4, 0.5) is 5.82 Å². The van der Waals surface area contributed by atoms with Crippen molar-refractivity contribution in [3.8, 4) is 17.1 Å². The van der Waals surface area contributed by atoms with Gasteiger partial charge in [0.2, 0.25) is 6.41 Å². The van der Waals surface area contributed by atoms with E-state index in [1.165, 1.54) is 16.8 Å². The first-order valence-electron chi connectivity index (χ1n) is 6.75. The average Bonchev–Trinajstić information content (AvgIpc) is 2.93. The summed E-state index contributed by atoms with van der Waals surface area (Å²) in [6, 6.07) is 3.51. The number of benzene rings is 1. The van der Waals surface area contributed by atoms with E-state index in [1.807, 2.05) is 6.92 Å². The molecule has 23 heavy (non-hydrogen) atoms. The zero-order chi connectivity index (χ0) is 17.3. The summed E-state index contributed by atoms with van der Waals surface area (Å²) in [4.78, 5) is 33.2. The lowest BCUT2D eigenvalue weighted by atomic mass is 10.1. The maximum atomic E-state index is 12.3. The van der Waals surface area contributed by atoms with Crippen molar-refractivity contribution in [2.45, 2.75) is 6.92 Å². The van der Waals surface area contributed by atoms with Crippen LogP contribution in [0.3, 0.4) is 0 Å². The summed E-state index contributed by atoms with van der Waals surface area (Å²) >= 11 is 3.28. The van der Waals surface area contributed by atoms with Crippen LogP contribution >= 0.6 is 15.9 Å². The fourth-order valence-electron chi connectivity index (χ4n) is 2.08. The fourth-order valence-corrected chi connectivity index (χ4v) is 2.66. The SMILES string of the molecule is Cc1cc(Br)c(O)c(-c2nc(N(C)C=O)c(C(=O)N(C)C)[nH]2)c1. The first kappa shape index (κ1) is 17.0. The number of amides is 2. The van der Waals surface area contributed by atoms with Crippen LogP contribution < -0.4 is 4.90 Å². The van der Waals surface area contributed by atoms with E-state index in [4.69, 9.17) is 0 Å². The molecule has 0 unspecified atom stereocenters. The van der Waals surface area contributed by atoms with Crippen molar-refractivity contribution in [3.63, 3.8) is 0 Å². The number of phenols is 1. The first-order chi connectivity index (χ1) is 10.8. The van der Waals surface area contributed by atoms with Crippen LogP contribution in [0.25, 0.3) is 11.4 Å². The minimum absolute atomic E-state index is 0.00788. The van der Waals surface area contributed by atoms with Crippen LogP contribution in [0.2, 0.25) is 0 Å². The summed E-state index contributed by atoms with van der Waals surface area (Å²) in [6.07, 6.45) is 0.568. The molecule has 0 fully saturated rings. The number of rotatable bonds is 4. The number of aromatic nitrogens is 2. The van der Waals surface area contributed by atoms with Gasteiger partial charge in [0.05, 0.1) is 10.0 Å². The lowest BCUT2D eigenvalue weighted by Crippen LogP contribution is -2.25. The molecule has 0 spiro atoms. The third kappa shape index (κ3) is 3.21. The average molecular weight is 381 g/mol. The number of anilines is 1. The Morgan fingerprint density at radius 2 is 2.00 bits per heavy atom. The lowest BCUT2D eigenvalue weighted by Gasteiger charge is -2.12. The van der Waals surface area contributed by atoms with Gasteiger partial charge in [-0.1, -0.05) is 0 Å². The normalized spacial score (nSPS) is 10.5. The van der Waals surface area contributed by atoms with Crippen LogP contribution in [0.15, 0.2) is 16.6 Å². The lowest BCUT2D eigenvalue weighted by molar-refractivity contribution is -0.107. The molecular formula is C15H17BrN4O3. The maximum absolute atomic E-state index is 12.3. The highest BCUT2D eigenvalue weighted by atomic mass is 79.9. The van der Waals surface area contributed by atoms with Crippen LogP contribution in [0.1, 0.15) is 16.1 Å². The van der Waals surface area contributed by atoms with Crippen molar-refractivity contribution in [1.82, 2.24) is 14.9 Å². The van der Waals surface area contributed by atoms with E-state index in [1.54, 1.807) is 26.2 Å². The van der Waals surface area contributed by atoms with Gasteiger partial charge in [-0.05, 0) is 40.5 Å². The summed E-state index contributed by atoms with van der Waals surface area (Å²) in [5.74, 6) is 0.193. The number of halogens is 1. The first-order valence-corrected chi connectivity index (χ1v) is 7.54. The molecule has 0 aliphatic rings. The molecule has 2 N–H and O–H groups in total. The molecule has 2 amide bonds. The molecule has 1 aromatic heterocycles. The number of carbonyl (C=O) groups excluding carboxylic acids is 2. The number of nitrogens with zero attached hydrogens (tertiary/aromatic N) is 3. The molecule has 0 aliphatic carbocycles. The van der Waals surface area contributed by atoms with Crippen molar-refractivity contribution in [2.75, 3.05) is 26.0 Å². The highest BCUT2D eigenvalue weighted by Crippen LogP contribution is 2.36. The van der Waals surface area contributed by atoms with Gasteiger partial charge in [-0.2, -0.15) is 0 Å². The van der Waals surface area contributed by atoms with Crippen LogP contribution in [-0.4, -0.2) is 53.4 Å². The molecule has 0 saturated heterocycles. The van der Waals surface area contributed by atoms with E-state index < -0.39 is 0 Å². The van der Waals surface area contributed by atoms with Gasteiger partial charge in [-0.15, -0.1) is 0 Å². The van der Waals surface area contributed by atoms with Crippen molar-refractivity contribution < 1.29 is 14.7 Å². The Kier molecular flexibility index (Phi) is 4.74. The predicted octanol–water partition coefficient (Wildman–Crippen LogP) is 2.15. The Balaban J connectivity index is 2.66. The van der Waals surface area contributed by atoms with Crippen molar-refractivity contribution in [3.05, 3.63) is 27.9 Å². The summed E-state index contributed by atoms with van der Waals surface area (Å²) in [5, 5.41) is 10.2. The number of aromatic amines is 1. The molecule has 0 bridgehead atoms. The van der Waals surface area contributed by atoms with Gasteiger partial charge in [-0.3, -0.25) is 9.59 Å². The molecule has 122 valence electrons. The number of hydrogen-bond donors (Lipinski definition) is 2. The van der Waals surface area contributed by atoms with E-state index in [9.17, 15) is 14.7 Å². The number of aryl methyl sites for hydroxylation is 1. The van der Waals surface area contributed by atoms with Gasteiger partial charge >= 0.3 is 0 Å². The Morgan fingerprint density at radius 1 is 1.35 bits per heavy atom. The van der Waals surface area contributed by atoms with E-state index in [-0.39, 0.29) is 23.2 Å². The molecule has 1 heterocycles. The van der Waals surface area contributed by atoms with Gasteiger partial charge in [0, 0.05) is 21.1 Å².